The average Bonchev–Trinajstić information content (AvgIpc) is 3.01. The van der Waals surface area contributed by atoms with E-state index in [0.29, 0.717) is 0 Å². The summed E-state index contributed by atoms with van der Waals surface area (Å²) in [5, 5.41) is 29.9. The van der Waals surface area contributed by atoms with Crippen LogP contribution < -0.4 is 74.6 Å². The van der Waals surface area contributed by atoms with Crippen molar-refractivity contribution < 1.29 is 93.5 Å². The second-order valence-electron chi connectivity index (χ2n) is 5.42. The van der Waals surface area contributed by atoms with E-state index in [-0.39, 0.29) is 76.1 Å². The number of ether oxygens (including phenoxy) is 1. The average molecular weight is 405 g/mol. The number of imidazole rings is 1. The van der Waals surface area contributed by atoms with Crippen molar-refractivity contribution in [1.29, 1.82) is 0 Å². The molecule has 1 aliphatic heterocycles. The van der Waals surface area contributed by atoms with Crippen LogP contribution in [-0.2, 0) is 9.30 Å². The van der Waals surface area contributed by atoms with Gasteiger partial charge in [0.05, 0.1) is 12.4 Å². The molecule has 26 heavy (non-hydrogen) atoms. The van der Waals surface area contributed by atoms with Gasteiger partial charge in [0.1, 0.15) is 30.2 Å². The number of anilines is 1. The van der Waals surface area contributed by atoms with Crippen LogP contribution in [0.3, 0.4) is 0 Å². The molecule has 15 heteroatoms. The summed E-state index contributed by atoms with van der Waals surface area (Å²) in [7, 11) is -5.03. The smallest absolute Gasteiger partial charge is 0.811 e. The van der Waals surface area contributed by atoms with Crippen molar-refractivity contribution in [2.45, 2.75) is 30.6 Å². The van der Waals surface area contributed by atoms with Gasteiger partial charge < -0.3 is 40.1 Å². The number of hydrogen-bond acceptors (Lipinski definition) is 11. The maximum absolute atomic E-state index is 10.8. The van der Waals surface area contributed by atoms with Gasteiger partial charge in [-0.1, -0.05) is 7.60 Å². The minimum absolute atomic E-state index is 0. The van der Waals surface area contributed by atoms with Crippen LogP contribution in [0.4, 0.5) is 5.82 Å². The van der Waals surface area contributed by atoms with Crippen molar-refractivity contribution in [1.82, 2.24) is 19.5 Å². The number of nitrogens with zero attached hydrogens (tertiary/aromatic N) is 4. The Bertz CT molecular complexity index is 804. The monoisotopic (exact) mass is 405 g/mol. The van der Waals surface area contributed by atoms with Crippen LogP contribution in [0.25, 0.3) is 11.2 Å². The van der Waals surface area contributed by atoms with Gasteiger partial charge in [0, 0.05) is 6.16 Å². The molecule has 2 aromatic rings. The third-order valence-corrected chi connectivity index (χ3v) is 4.55. The van der Waals surface area contributed by atoms with Crippen molar-refractivity contribution in [2.24, 2.45) is 0 Å². The van der Waals surface area contributed by atoms with Crippen LogP contribution in [0, 0.1) is 0 Å². The summed E-state index contributed by atoms with van der Waals surface area (Å²) in [6, 6.07) is 0. The van der Waals surface area contributed by atoms with Gasteiger partial charge in [-0.3, -0.25) is 4.57 Å². The molecule has 12 nitrogen and oxygen atoms in total. The molecule has 1 aliphatic rings. The van der Waals surface area contributed by atoms with Gasteiger partial charge in [-0.05, 0) is 0 Å². The second kappa shape index (κ2) is 9.23. The summed E-state index contributed by atoms with van der Waals surface area (Å²) in [6.45, 7) is 0. The molecule has 3 heterocycles. The van der Waals surface area contributed by atoms with Crippen LogP contribution in [0.2, 0.25) is 0 Å². The van der Waals surface area contributed by atoms with Gasteiger partial charge in [-0.2, -0.15) is 0 Å². The molecule has 0 aliphatic carbocycles. The zero-order chi connectivity index (χ0) is 17.6. The molecule has 0 saturated carbocycles. The van der Waals surface area contributed by atoms with Crippen LogP contribution >= 0.6 is 7.60 Å². The number of nitrogen functional groups attached to an aromatic ring is 1. The Morgan fingerprint density at radius 1 is 1.27 bits per heavy atom. The second-order valence-corrected chi connectivity index (χ2v) is 7.00. The molecule has 2 aromatic heterocycles. The number of hydrogen-bond donors (Lipinski definition) is 4. The minimum atomic E-state index is -5.03. The third kappa shape index (κ3) is 4.84. The van der Waals surface area contributed by atoms with E-state index in [1.54, 1.807) is 0 Å². The van der Waals surface area contributed by atoms with E-state index in [1.165, 1.54) is 17.2 Å². The van der Waals surface area contributed by atoms with Gasteiger partial charge in [0.15, 0.2) is 17.7 Å². The maximum Gasteiger partial charge on any atom is 1.00 e. The number of aromatic nitrogens is 4. The Balaban J connectivity index is 0.00000169. The van der Waals surface area contributed by atoms with Crippen molar-refractivity contribution in [2.75, 3.05) is 11.9 Å². The van der Waals surface area contributed by atoms with E-state index in [2.05, 4.69) is 15.0 Å². The molecule has 5 atom stereocenters. The Morgan fingerprint density at radius 2 is 1.92 bits per heavy atom. The quantitative estimate of drug-likeness (QED) is 0.278. The number of rotatable bonds is 4. The molecule has 1 saturated heterocycles. The molecule has 0 amide bonds. The molecule has 0 aromatic carbocycles. The van der Waals surface area contributed by atoms with E-state index in [9.17, 15) is 29.7 Å². The van der Waals surface area contributed by atoms with Crippen molar-refractivity contribution in [3.8, 4) is 0 Å². The molecule has 0 radical (unpaired) electrons. The summed E-state index contributed by atoms with van der Waals surface area (Å²) >= 11 is 0. The summed E-state index contributed by atoms with van der Waals surface area (Å²) < 4.78 is 17.4. The van der Waals surface area contributed by atoms with Crippen molar-refractivity contribution in [3.63, 3.8) is 0 Å². The number of nitrogens with two attached hydrogens (primary N) is 1. The molecule has 0 bridgehead atoms. The molecular weight excluding hydrogens is 391 g/mol. The molecule has 1 fully saturated rings. The first-order valence-electron chi connectivity index (χ1n) is 6.83. The zero-order valence-corrected chi connectivity index (χ0v) is 18.9. The first kappa shape index (κ1) is 24.4. The van der Waals surface area contributed by atoms with Crippen LogP contribution in [0.5, 0.6) is 0 Å². The van der Waals surface area contributed by atoms with E-state index in [1.807, 2.05) is 0 Å². The van der Waals surface area contributed by atoms with Crippen LogP contribution in [0.15, 0.2) is 12.7 Å². The van der Waals surface area contributed by atoms with Gasteiger partial charge in [-0.25, -0.2) is 15.0 Å². The Morgan fingerprint density at radius 3 is 2.54 bits per heavy atom. The van der Waals surface area contributed by atoms with E-state index in [4.69, 9.17) is 10.5 Å². The van der Waals surface area contributed by atoms with E-state index < -0.39 is 44.4 Å². The minimum Gasteiger partial charge on any atom is -0.811 e. The third-order valence-electron chi connectivity index (χ3n) is 3.73. The standard InChI is InChI=1S/C11H16N5O7P.2Na/c12-9-5-10(14-2-13-9)16(3-15-5)11-7(19)6(18)8(23-11)4(17)1-24(20,21)22;;/h2-4,6-8,11,17-19H,1H2,(H2,12,13,14)(H2,20,21,22);;/q;2*+1/p-2/t4-,6+,7-,8-,11-;;/m1../s1. The summed E-state index contributed by atoms with van der Waals surface area (Å²) in [6.07, 6.45) is -6.33. The molecule has 132 valence electrons. The Labute approximate surface area is 191 Å². The van der Waals surface area contributed by atoms with Crippen molar-refractivity contribution >= 4 is 24.6 Å². The van der Waals surface area contributed by atoms with Gasteiger partial charge in [0.25, 0.3) is 0 Å². The van der Waals surface area contributed by atoms with Gasteiger partial charge >= 0.3 is 59.1 Å². The van der Waals surface area contributed by atoms with E-state index >= 15 is 0 Å². The predicted molar refractivity (Wildman–Crippen MR) is 74.1 cm³/mol. The van der Waals surface area contributed by atoms with Crippen molar-refractivity contribution in [3.05, 3.63) is 12.7 Å². The first-order valence-corrected chi connectivity index (χ1v) is 8.55. The fourth-order valence-corrected chi connectivity index (χ4v) is 3.29. The fourth-order valence-electron chi connectivity index (χ4n) is 2.62. The molecule has 3 rings (SSSR count). The van der Waals surface area contributed by atoms with E-state index in [0.717, 1.165) is 0 Å². The number of aliphatic hydroxyl groups is 3. The summed E-state index contributed by atoms with van der Waals surface area (Å²) in [5.74, 6) is 0.0991. The van der Waals surface area contributed by atoms with Gasteiger partial charge in [0.2, 0.25) is 0 Å². The number of fused-ring (bicyclic) bond motifs is 1. The molecule has 0 unspecified atom stereocenters. The summed E-state index contributed by atoms with van der Waals surface area (Å²) in [5.41, 5.74) is 6.12. The topological polar surface area (TPSA) is 203 Å². The predicted octanol–water partition coefficient (Wildman–Crippen LogP) is -9.69. The Kier molecular flexibility index (Phi) is 8.65. The normalized spacial score (nSPS) is 27.0. The largest absolute Gasteiger partial charge is 1.00 e. The van der Waals surface area contributed by atoms with Gasteiger partial charge in [-0.15, -0.1) is 0 Å². The maximum atomic E-state index is 10.8. The molecule has 0 spiro atoms. The van der Waals surface area contributed by atoms with Crippen LogP contribution in [0.1, 0.15) is 6.23 Å². The number of aliphatic hydroxyl groups excluding tert-OH is 3. The molecular formula is C11H14N5Na2O7P. The fraction of sp³-hybridized carbons (Fsp3) is 0.545. The first-order chi connectivity index (χ1) is 11.2. The summed E-state index contributed by atoms with van der Waals surface area (Å²) in [4.78, 5) is 33.3. The molecule has 5 N–H and O–H groups in total. The van der Waals surface area contributed by atoms with Crippen LogP contribution in [-0.4, -0.2) is 65.4 Å². The Hall–Kier alpha value is 0.340. The zero-order valence-electron chi connectivity index (χ0n) is 14.0. The SMILES string of the molecule is Nc1ncnc2c1ncn2[C@@H]1O[C@H]([C@H](O)CP(=O)([O-])[O-])[C@@H](O)[C@H]1O.[Na+].[Na+].